The number of rotatable bonds is 1. The van der Waals surface area contributed by atoms with Gasteiger partial charge in [0.25, 0.3) is 0 Å². The lowest BCUT2D eigenvalue weighted by molar-refractivity contribution is -0.136. The van der Waals surface area contributed by atoms with Crippen molar-refractivity contribution in [1.29, 1.82) is 0 Å². The quantitative estimate of drug-likeness (QED) is 0.607. The third kappa shape index (κ3) is 2.12. The Bertz CT molecular complexity index is 352. The van der Waals surface area contributed by atoms with Crippen molar-refractivity contribution in [1.82, 2.24) is 4.98 Å². The molecule has 0 atom stereocenters. The fraction of sp³-hybridized carbons (Fsp3) is 0.200. The van der Waals surface area contributed by atoms with E-state index in [1.54, 1.807) is 0 Å². The van der Waals surface area contributed by atoms with E-state index in [2.05, 4.69) is 0 Å². The Morgan fingerprint density at radius 1 is 1.38 bits per heavy atom. The first-order valence-electron chi connectivity index (χ1n) is 3.03. The minimum Gasteiger partial charge on any atom is -0.355 e. The van der Waals surface area contributed by atoms with Crippen molar-refractivity contribution >= 4 is 13.0 Å². The molecule has 0 unspecified atom stereocenters. The zero-order valence-corrected chi connectivity index (χ0v) is 6.93. The molecule has 1 aromatic heterocycles. The topological polar surface area (TPSA) is 73.3 Å². The van der Waals surface area contributed by atoms with Gasteiger partial charge in [-0.1, -0.05) is 0 Å². The van der Waals surface area contributed by atoms with Gasteiger partial charge in [0.05, 0.1) is 5.56 Å². The monoisotopic (exact) mass is 215 g/mol. The molecule has 0 spiro atoms. The number of aromatic nitrogens is 1. The van der Waals surface area contributed by atoms with Gasteiger partial charge in [-0.15, -0.1) is 0 Å². The summed E-state index contributed by atoms with van der Waals surface area (Å²) in [6, 6.07) is 0.578. The Kier molecular flexibility index (Phi) is 2.27. The lowest BCUT2D eigenvalue weighted by Gasteiger charge is -2.08. The Hall–Kier alpha value is -0.780. The van der Waals surface area contributed by atoms with E-state index in [-0.39, 0.29) is 0 Å². The molecule has 8 heteroatoms. The Morgan fingerprint density at radius 2 is 1.92 bits per heavy atom. The van der Waals surface area contributed by atoms with Crippen molar-refractivity contribution in [3.63, 3.8) is 0 Å². The fourth-order valence-corrected chi connectivity index (χ4v) is 1.59. The van der Waals surface area contributed by atoms with E-state index in [0.717, 1.165) is 6.20 Å². The van der Waals surface area contributed by atoms with Gasteiger partial charge in [0, 0.05) is 6.20 Å². The molecule has 1 aromatic rings. The Balaban J connectivity index is 3.27. The Morgan fingerprint density at radius 3 is 2.23 bits per heavy atom. The van der Waals surface area contributed by atoms with Crippen LogP contribution in [-0.4, -0.2) is 14.8 Å². The van der Waals surface area contributed by atoms with E-state index in [0.29, 0.717) is 6.07 Å². The van der Waals surface area contributed by atoms with Crippen LogP contribution in [0.4, 0.5) is 13.2 Å². The molecular weight excluding hydrogens is 210 g/mol. The maximum absolute atomic E-state index is 12.0. The van der Waals surface area contributed by atoms with Gasteiger partial charge in [0.2, 0.25) is 0 Å². The summed E-state index contributed by atoms with van der Waals surface area (Å²) in [5, 5.41) is 0. The standard InChI is InChI=1S/C5H5F3NO3P/c6-5(7,8)3-1-2-9-4(3)13(10,11)12/h1-2,9H,(H2,10,11,12). The SMILES string of the molecule is O=P(O)(O)c1[nH]ccc1C(F)(F)F. The summed E-state index contributed by atoms with van der Waals surface area (Å²) in [6.45, 7) is 0. The number of H-pyrrole nitrogens is 1. The average Bonchev–Trinajstić information content (AvgIpc) is 2.27. The van der Waals surface area contributed by atoms with Crippen LogP contribution in [-0.2, 0) is 10.7 Å². The van der Waals surface area contributed by atoms with Crippen LogP contribution in [0.15, 0.2) is 12.3 Å². The van der Waals surface area contributed by atoms with E-state index < -0.39 is 24.8 Å². The van der Waals surface area contributed by atoms with Crippen molar-refractivity contribution in [2.24, 2.45) is 0 Å². The molecule has 0 bridgehead atoms. The number of hydrogen-bond acceptors (Lipinski definition) is 1. The molecule has 0 aliphatic rings. The smallest absolute Gasteiger partial charge is 0.355 e. The zero-order valence-electron chi connectivity index (χ0n) is 6.04. The van der Waals surface area contributed by atoms with Gasteiger partial charge < -0.3 is 14.8 Å². The lowest BCUT2D eigenvalue weighted by Crippen LogP contribution is -2.18. The molecule has 0 fully saturated rings. The largest absolute Gasteiger partial charge is 0.418 e. The molecule has 0 saturated heterocycles. The highest BCUT2D eigenvalue weighted by molar-refractivity contribution is 7.60. The molecule has 3 N–H and O–H groups in total. The molecule has 0 aromatic carbocycles. The summed E-state index contributed by atoms with van der Waals surface area (Å²) in [7, 11) is -4.88. The number of halogens is 3. The number of hydrogen-bond donors (Lipinski definition) is 3. The van der Waals surface area contributed by atoms with Crippen LogP contribution in [0.25, 0.3) is 0 Å². The van der Waals surface area contributed by atoms with E-state index in [1.165, 1.54) is 0 Å². The first kappa shape index (κ1) is 10.3. The van der Waals surface area contributed by atoms with Gasteiger partial charge >= 0.3 is 13.8 Å². The number of aromatic amines is 1. The third-order valence-corrected chi connectivity index (χ3v) is 2.27. The normalized spacial score (nSPS) is 13.3. The lowest BCUT2D eigenvalue weighted by atomic mass is 10.3. The summed E-state index contributed by atoms with van der Waals surface area (Å²) in [5.41, 5.74) is -2.43. The second kappa shape index (κ2) is 2.87. The summed E-state index contributed by atoms with van der Waals surface area (Å²) < 4.78 is 46.7. The van der Waals surface area contributed by atoms with Crippen molar-refractivity contribution in [3.8, 4) is 0 Å². The van der Waals surface area contributed by atoms with Crippen LogP contribution in [0, 0.1) is 0 Å². The van der Waals surface area contributed by atoms with Crippen LogP contribution in [0.5, 0.6) is 0 Å². The first-order valence-corrected chi connectivity index (χ1v) is 4.65. The maximum atomic E-state index is 12.0. The predicted molar refractivity (Wildman–Crippen MR) is 37.5 cm³/mol. The molecule has 1 rings (SSSR count). The fourth-order valence-electron chi connectivity index (χ4n) is 0.830. The molecule has 1 heterocycles. The van der Waals surface area contributed by atoms with Crippen molar-refractivity contribution in [3.05, 3.63) is 17.8 Å². The highest BCUT2D eigenvalue weighted by Gasteiger charge is 2.39. The van der Waals surface area contributed by atoms with Gasteiger partial charge in [-0.25, -0.2) is 0 Å². The minimum absolute atomic E-state index is 0.578. The van der Waals surface area contributed by atoms with E-state index >= 15 is 0 Å². The first-order chi connectivity index (χ1) is 5.73. The van der Waals surface area contributed by atoms with Gasteiger partial charge in [-0.3, -0.25) is 4.57 Å². The molecule has 4 nitrogen and oxygen atoms in total. The van der Waals surface area contributed by atoms with E-state index in [4.69, 9.17) is 9.79 Å². The molecule has 0 radical (unpaired) electrons. The van der Waals surface area contributed by atoms with Gasteiger partial charge in [0.1, 0.15) is 5.44 Å². The molecule has 74 valence electrons. The van der Waals surface area contributed by atoms with Crippen LogP contribution in [0.1, 0.15) is 5.56 Å². The Labute approximate surface area is 70.6 Å². The second-order valence-electron chi connectivity index (χ2n) is 2.28. The van der Waals surface area contributed by atoms with Crippen molar-refractivity contribution < 1.29 is 27.5 Å². The minimum atomic E-state index is -4.88. The number of alkyl halides is 3. The van der Waals surface area contributed by atoms with Crippen LogP contribution >= 0.6 is 7.60 Å². The summed E-state index contributed by atoms with van der Waals surface area (Å²) in [6.07, 6.45) is -3.92. The summed E-state index contributed by atoms with van der Waals surface area (Å²) >= 11 is 0. The second-order valence-corrected chi connectivity index (χ2v) is 3.82. The van der Waals surface area contributed by atoms with Crippen molar-refractivity contribution in [2.45, 2.75) is 6.18 Å². The van der Waals surface area contributed by atoms with Crippen LogP contribution < -0.4 is 5.44 Å². The molecular formula is C5H5F3NO3P. The summed E-state index contributed by atoms with van der Waals surface area (Å²) in [4.78, 5) is 18.9. The predicted octanol–water partition coefficient (Wildman–Crippen LogP) is 0.836. The van der Waals surface area contributed by atoms with Crippen LogP contribution in [0.2, 0.25) is 0 Å². The van der Waals surface area contributed by atoms with Gasteiger partial charge in [-0.05, 0) is 6.07 Å². The van der Waals surface area contributed by atoms with E-state index in [9.17, 15) is 17.7 Å². The van der Waals surface area contributed by atoms with Crippen molar-refractivity contribution in [2.75, 3.05) is 0 Å². The maximum Gasteiger partial charge on any atom is 0.418 e. The highest BCUT2D eigenvalue weighted by Crippen LogP contribution is 2.39. The molecule has 13 heavy (non-hydrogen) atoms. The molecule has 0 aliphatic heterocycles. The summed E-state index contributed by atoms with van der Waals surface area (Å²) in [5.74, 6) is 0. The molecule has 0 amide bonds. The van der Waals surface area contributed by atoms with Crippen LogP contribution in [0.3, 0.4) is 0 Å². The van der Waals surface area contributed by atoms with Gasteiger partial charge in [-0.2, -0.15) is 13.2 Å². The number of nitrogens with one attached hydrogen (secondary N) is 1. The zero-order chi connectivity index (χ0) is 10.3. The molecule has 0 saturated carbocycles. The average molecular weight is 215 g/mol. The third-order valence-electron chi connectivity index (χ3n) is 1.32. The molecule has 0 aliphatic carbocycles. The highest BCUT2D eigenvalue weighted by atomic mass is 31.2. The van der Waals surface area contributed by atoms with E-state index in [1.807, 2.05) is 4.98 Å². The van der Waals surface area contributed by atoms with Gasteiger partial charge in [0.15, 0.2) is 0 Å².